The molecule has 5 rings (SSSR count). The average Bonchev–Trinajstić information content (AvgIpc) is 3.38. The highest BCUT2D eigenvalue weighted by Gasteiger charge is 2.30. The smallest absolute Gasteiger partial charge is 0.259 e. The van der Waals surface area contributed by atoms with E-state index in [1.807, 2.05) is 42.5 Å². The molecule has 0 atom stereocenters. The number of carbonyl (C=O) groups is 2. The highest BCUT2D eigenvalue weighted by Crippen LogP contribution is 2.36. The van der Waals surface area contributed by atoms with Crippen molar-refractivity contribution in [3.05, 3.63) is 72.1 Å². The maximum Gasteiger partial charge on any atom is 0.259 e. The molecule has 8 heteroatoms. The molecule has 1 aliphatic rings. The molecule has 4 aromatic rings. The maximum absolute atomic E-state index is 12.8. The number of hydrogen-bond donors (Lipinski definition) is 1. The standard InChI is InChI=1S/C23H18N4O4/c1-30-16-10-8-15(9-11-16)22-25-20(31-26-22)12-24-19(28)13-27-18-7-3-5-14-4-2-6-17(21(14)18)23(27)29/h2-11H,12-13H2,1H3,(H,24,28). The van der Waals surface area contributed by atoms with Gasteiger partial charge in [0.1, 0.15) is 12.3 Å². The lowest BCUT2D eigenvalue weighted by molar-refractivity contribution is -0.120. The van der Waals surface area contributed by atoms with Crippen LogP contribution in [-0.4, -0.2) is 35.6 Å². The molecule has 31 heavy (non-hydrogen) atoms. The molecular weight excluding hydrogens is 396 g/mol. The Morgan fingerprint density at radius 2 is 1.87 bits per heavy atom. The molecule has 2 heterocycles. The molecule has 0 spiro atoms. The summed E-state index contributed by atoms with van der Waals surface area (Å²) in [6.07, 6.45) is 0. The number of aromatic nitrogens is 2. The van der Waals surface area contributed by atoms with E-state index in [1.165, 1.54) is 4.90 Å². The van der Waals surface area contributed by atoms with Crippen LogP contribution in [0, 0.1) is 0 Å². The zero-order valence-corrected chi connectivity index (χ0v) is 16.7. The van der Waals surface area contributed by atoms with Crippen molar-refractivity contribution >= 4 is 28.3 Å². The second kappa shape index (κ2) is 7.56. The van der Waals surface area contributed by atoms with E-state index in [2.05, 4.69) is 15.5 Å². The molecule has 0 bridgehead atoms. The minimum atomic E-state index is -0.317. The lowest BCUT2D eigenvalue weighted by Gasteiger charge is -2.16. The number of amides is 2. The number of nitrogens with zero attached hydrogens (tertiary/aromatic N) is 3. The molecule has 0 fully saturated rings. The predicted octanol–water partition coefficient (Wildman–Crippen LogP) is 3.18. The van der Waals surface area contributed by atoms with Crippen LogP contribution in [0.25, 0.3) is 22.2 Å². The number of nitrogens with one attached hydrogen (secondary N) is 1. The van der Waals surface area contributed by atoms with Crippen molar-refractivity contribution in [1.82, 2.24) is 15.5 Å². The summed E-state index contributed by atoms with van der Waals surface area (Å²) in [5, 5.41) is 8.54. The van der Waals surface area contributed by atoms with Crippen molar-refractivity contribution in [2.75, 3.05) is 18.6 Å². The summed E-state index contributed by atoms with van der Waals surface area (Å²) in [6, 6.07) is 18.5. The quantitative estimate of drug-likeness (QED) is 0.520. The molecule has 1 aliphatic heterocycles. The van der Waals surface area contributed by atoms with Gasteiger partial charge in [-0.25, -0.2) is 0 Å². The fourth-order valence-electron chi connectivity index (χ4n) is 3.69. The van der Waals surface area contributed by atoms with E-state index < -0.39 is 0 Å². The van der Waals surface area contributed by atoms with Crippen molar-refractivity contribution in [3.8, 4) is 17.1 Å². The maximum atomic E-state index is 12.8. The Bertz CT molecular complexity index is 1290. The third kappa shape index (κ3) is 3.38. The predicted molar refractivity (Wildman–Crippen MR) is 114 cm³/mol. The summed E-state index contributed by atoms with van der Waals surface area (Å²) in [5.41, 5.74) is 2.13. The van der Waals surface area contributed by atoms with Crippen LogP contribution in [0.15, 0.2) is 65.2 Å². The summed E-state index contributed by atoms with van der Waals surface area (Å²) in [6.45, 7) is -0.0206. The first-order valence-electron chi connectivity index (χ1n) is 9.71. The Morgan fingerprint density at radius 1 is 1.10 bits per heavy atom. The monoisotopic (exact) mass is 414 g/mol. The highest BCUT2D eigenvalue weighted by atomic mass is 16.5. The lowest BCUT2D eigenvalue weighted by Crippen LogP contribution is -2.38. The molecule has 0 unspecified atom stereocenters. The van der Waals surface area contributed by atoms with Crippen molar-refractivity contribution in [2.45, 2.75) is 6.54 Å². The molecule has 0 saturated carbocycles. The zero-order chi connectivity index (χ0) is 21.4. The van der Waals surface area contributed by atoms with Crippen LogP contribution in [0.3, 0.4) is 0 Å². The van der Waals surface area contributed by atoms with Gasteiger partial charge in [-0.05, 0) is 41.8 Å². The lowest BCUT2D eigenvalue weighted by atomic mass is 10.1. The SMILES string of the molecule is COc1ccc(-c2noc(CNC(=O)CN3C(=O)c4cccc5cccc3c45)n2)cc1. The van der Waals surface area contributed by atoms with Crippen molar-refractivity contribution < 1.29 is 18.8 Å². The number of anilines is 1. The van der Waals surface area contributed by atoms with Gasteiger partial charge in [0.25, 0.3) is 5.91 Å². The molecular formula is C23H18N4O4. The first-order valence-corrected chi connectivity index (χ1v) is 9.71. The number of rotatable bonds is 6. The summed E-state index contributed by atoms with van der Waals surface area (Å²) >= 11 is 0. The van der Waals surface area contributed by atoms with Crippen molar-refractivity contribution in [3.63, 3.8) is 0 Å². The molecule has 2 amide bonds. The minimum absolute atomic E-state index is 0.0706. The van der Waals surface area contributed by atoms with Gasteiger partial charge in [-0.1, -0.05) is 29.4 Å². The van der Waals surface area contributed by atoms with Crippen LogP contribution in [0.5, 0.6) is 5.75 Å². The van der Waals surface area contributed by atoms with E-state index in [4.69, 9.17) is 9.26 Å². The van der Waals surface area contributed by atoms with Crippen LogP contribution in [0.1, 0.15) is 16.2 Å². The van der Waals surface area contributed by atoms with Gasteiger partial charge in [0.15, 0.2) is 0 Å². The summed E-state index contributed by atoms with van der Waals surface area (Å²) in [7, 11) is 1.60. The summed E-state index contributed by atoms with van der Waals surface area (Å²) < 4.78 is 10.4. The molecule has 3 aromatic carbocycles. The topological polar surface area (TPSA) is 97.6 Å². The van der Waals surface area contributed by atoms with Crippen LogP contribution in [-0.2, 0) is 11.3 Å². The Hall–Kier alpha value is -4.20. The number of benzene rings is 3. The normalized spacial score (nSPS) is 12.4. The van der Waals surface area contributed by atoms with E-state index in [1.54, 1.807) is 25.3 Å². The Balaban J connectivity index is 1.25. The molecule has 1 N–H and O–H groups in total. The van der Waals surface area contributed by atoms with Crippen LogP contribution >= 0.6 is 0 Å². The fourth-order valence-corrected chi connectivity index (χ4v) is 3.69. The number of ether oxygens (including phenoxy) is 1. The minimum Gasteiger partial charge on any atom is -0.497 e. The number of methoxy groups -OCH3 is 1. The Kier molecular flexibility index (Phi) is 4.59. The molecule has 0 radical (unpaired) electrons. The van der Waals surface area contributed by atoms with Gasteiger partial charge >= 0.3 is 0 Å². The van der Waals surface area contributed by atoms with Crippen molar-refractivity contribution in [1.29, 1.82) is 0 Å². The average molecular weight is 414 g/mol. The summed E-state index contributed by atoms with van der Waals surface area (Å²) in [5.74, 6) is 0.930. The van der Waals surface area contributed by atoms with Gasteiger partial charge in [-0.2, -0.15) is 4.98 Å². The Labute approximate surface area is 177 Å². The van der Waals surface area contributed by atoms with E-state index in [0.717, 1.165) is 27.8 Å². The Morgan fingerprint density at radius 3 is 2.65 bits per heavy atom. The highest BCUT2D eigenvalue weighted by molar-refractivity contribution is 6.26. The zero-order valence-electron chi connectivity index (χ0n) is 16.7. The van der Waals surface area contributed by atoms with Gasteiger partial charge in [0.05, 0.1) is 19.3 Å². The first-order chi connectivity index (χ1) is 15.1. The van der Waals surface area contributed by atoms with Crippen molar-refractivity contribution in [2.24, 2.45) is 0 Å². The number of hydrogen-bond acceptors (Lipinski definition) is 6. The van der Waals surface area contributed by atoms with E-state index >= 15 is 0 Å². The van der Waals surface area contributed by atoms with Gasteiger partial charge in [0.2, 0.25) is 17.6 Å². The third-order valence-corrected chi connectivity index (χ3v) is 5.20. The van der Waals surface area contributed by atoms with Gasteiger partial charge in [-0.15, -0.1) is 0 Å². The van der Waals surface area contributed by atoms with E-state index in [-0.39, 0.29) is 30.8 Å². The van der Waals surface area contributed by atoms with Gasteiger partial charge < -0.3 is 14.6 Å². The summed E-state index contributed by atoms with van der Waals surface area (Å²) in [4.78, 5) is 31.1. The van der Waals surface area contributed by atoms with E-state index in [0.29, 0.717) is 11.4 Å². The van der Waals surface area contributed by atoms with E-state index in [9.17, 15) is 9.59 Å². The molecule has 154 valence electrons. The largest absolute Gasteiger partial charge is 0.497 e. The molecule has 0 aliphatic carbocycles. The molecule has 8 nitrogen and oxygen atoms in total. The third-order valence-electron chi connectivity index (χ3n) is 5.20. The second-order valence-corrected chi connectivity index (χ2v) is 7.09. The molecule has 0 saturated heterocycles. The van der Waals surface area contributed by atoms with Gasteiger partial charge in [0, 0.05) is 16.5 Å². The van der Waals surface area contributed by atoms with Crippen LogP contribution in [0.2, 0.25) is 0 Å². The second-order valence-electron chi connectivity index (χ2n) is 7.09. The first kappa shape index (κ1) is 18.8. The van der Waals surface area contributed by atoms with Crippen LogP contribution < -0.4 is 15.0 Å². The number of carbonyl (C=O) groups excluding carboxylic acids is 2. The molecule has 1 aromatic heterocycles. The van der Waals surface area contributed by atoms with Crippen LogP contribution in [0.4, 0.5) is 5.69 Å². The fraction of sp³-hybridized carbons (Fsp3) is 0.130. The van der Waals surface area contributed by atoms with Gasteiger partial charge in [-0.3, -0.25) is 14.5 Å².